The molecule has 1 unspecified atom stereocenters. The molecule has 2 saturated carbocycles. The van der Waals surface area contributed by atoms with Gasteiger partial charge >= 0.3 is 5.97 Å². The summed E-state index contributed by atoms with van der Waals surface area (Å²) in [6.07, 6.45) is 4.56. The SMILES string of the molecule is CCc1cc2c(C(=O)O)nc(C3CC34CC4)nc2s1. The number of thiophene rings is 1. The normalized spacial score (nSPS) is 22.9. The fourth-order valence-corrected chi connectivity index (χ4v) is 3.88. The van der Waals surface area contributed by atoms with E-state index < -0.39 is 5.97 Å². The predicted octanol–water partition coefficient (Wildman–Crippen LogP) is 3.22. The summed E-state index contributed by atoms with van der Waals surface area (Å²) in [5, 5.41) is 10.0. The third kappa shape index (κ3) is 1.61. The number of aromatic carboxylic acids is 1. The molecule has 1 atom stereocenters. The summed E-state index contributed by atoms with van der Waals surface area (Å²) in [6.45, 7) is 2.07. The highest BCUT2D eigenvalue weighted by atomic mass is 32.1. The molecule has 19 heavy (non-hydrogen) atoms. The number of hydrogen-bond donors (Lipinski definition) is 1. The first kappa shape index (κ1) is 11.3. The van der Waals surface area contributed by atoms with E-state index in [-0.39, 0.29) is 5.69 Å². The molecule has 0 amide bonds. The molecular weight excluding hydrogens is 260 g/mol. The molecule has 1 N–H and O–H groups in total. The van der Waals surface area contributed by atoms with Crippen molar-refractivity contribution in [3.05, 3.63) is 22.5 Å². The van der Waals surface area contributed by atoms with Crippen LogP contribution >= 0.6 is 11.3 Å². The van der Waals surface area contributed by atoms with Crippen molar-refractivity contribution in [1.82, 2.24) is 9.97 Å². The van der Waals surface area contributed by atoms with Gasteiger partial charge in [0.25, 0.3) is 0 Å². The third-order valence-electron chi connectivity index (χ3n) is 4.41. The largest absolute Gasteiger partial charge is 0.476 e. The number of hydrogen-bond acceptors (Lipinski definition) is 4. The molecule has 0 radical (unpaired) electrons. The van der Waals surface area contributed by atoms with Crippen LogP contribution in [0.25, 0.3) is 10.2 Å². The summed E-state index contributed by atoms with van der Waals surface area (Å²) >= 11 is 1.59. The maximum Gasteiger partial charge on any atom is 0.355 e. The summed E-state index contributed by atoms with van der Waals surface area (Å²) in [4.78, 5) is 22.4. The van der Waals surface area contributed by atoms with Gasteiger partial charge in [0.1, 0.15) is 10.7 Å². The van der Waals surface area contributed by atoms with Crippen LogP contribution in [0, 0.1) is 5.41 Å². The number of aromatic nitrogens is 2. The Labute approximate surface area is 114 Å². The predicted molar refractivity (Wildman–Crippen MR) is 72.8 cm³/mol. The zero-order chi connectivity index (χ0) is 13.2. The van der Waals surface area contributed by atoms with Gasteiger partial charge in [-0.05, 0) is 37.2 Å². The second-order valence-electron chi connectivity index (χ2n) is 5.64. The number of carboxylic acids is 1. The Balaban J connectivity index is 1.89. The zero-order valence-electron chi connectivity index (χ0n) is 10.6. The standard InChI is InChI=1S/C14H14N2O2S/c1-2-7-5-8-10(13(17)18)15-11(16-12(8)19-7)9-6-14(9)3-4-14/h5,9H,2-4,6H2,1H3,(H,17,18). The molecule has 0 bridgehead atoms. The van der Waals surface area contributed by atoms with Crippen molar-refractivity contribution in [2.24, 2.45) is 5.41 Å². The first-order chi connectivity index (χ1) is 9.13. The molecule has 1 spiro atoms. The van der Waals surface area contributed by atoms with Crippen LogP contribution in [0.2, 0.25) is 0 Å². The topological polar surface area (TPSA) is 63.1 Å². The zero-order valence-corrected chi connectivity index (χ0v) is 11.5. The highest BCUT2D eigenvalue weighted by Gasteiger charge is 2.64. The number of fused-ring (bicyclic) bond motifs is 1. The Bertz CT molecular complexity index is 703. The summed E-state index contributed by atoms with van der Waals surface area (Å²) in [7, 11) is 0. The molecule has 2 aliphatic carbocycles. The van der Waals surface area contributed by atoms with E-state index >= 15 is 0 Å². The van der Waals surface area contributed by atoms with Gasteiger partial charge in [0.15, 0.2) is 5.69 Å². The lowest BCUT2D eigenvalue weighted by molar-refractivity contribution is 0.0692. The van der Waals surface area contributed by atoms with E-state index in [4.69, 9.17) is 0 Å². The van der Waals surface area contributed by atoms with Crippen molar-refractivity contribution in [3.8, 4) is 0 Å². The van der Waals surface area contributed by atoms with Crippen molar-refractivity contribution in [3.63, 3.8) is 0 Å². The van der Waals surface area contributed by atoms with Gasteiger partial charge in [0.2, 0.25) is 0 Å². The minimum atomic E-state index is -0.945. The minimum Gasteiger partial charge on any atom is -0.476 e. The van der Waals surface area contributed by atoms with Crippen molar-refractivity contribution in [2.75, 3.05) is 0 Å². The summed E-state index contributed by atoms with van der Waals surface area (Å²) < 4.78 is 0. The quantitative estimate of drug-likeness (QED) is 0.933. The average Bonchev–Trinajstić information content (AvgIpc) is 3.28. The fraction of sp³-hybridized carbons (Fsp3) is 0.500. The molecule has 0 aliphatic heterocycles. The second-order valence-corrected chi connectivity index (χ2v) is 6.75. The summed E-state index contributed by atoms with van der Waals surface area (Å²) in [5.41, 5.74) is 0.632. The first-order valence-electron chi connectivity index (χ1n) is 6.66. The fourth-order valence-electron chi connectivity index (χ4n) is 2.91. The molecule has 2 fully saturated rings. The molecule has 2 aromatic rings. The van der Waals surface area contributed by atoms with Gasteiger partial charge in [-0.15, -0.1) is 11.3 Å². The monoisotopic (exact) mass is 274 g/mol. The highest BCUT2D eigenvalue weighted by Crippen LogP contribution is 2.74. The minimum absolute atomic E-state index is 0.179. The van der Waals surface area contributed by atoms with E-state index in [1.54, 1.807) is 11.3 Å². The van der Waals surface area contributed by atoms with Crippen LogP contribution in [0.5, 0.6) is 0 Å². The van der Waals surface area contributed by atoms with Crippen molar-refractivity contribution >= 4 is 27.5 Å². The van der Waals surface area contributed by atoms with Gasteiger partial charge in [-0.3, -0.25) is 0 Å². The molecule has 4 nitrogen and oxygen atoms in total. The van der Waals surface area contributed by atoms with E-state index in [1.807, 2.05) is 6.07 Å². The molecule has 98 valence electrons. The highest BCUT2D eigenvalue weighted by molar-refractivity contribution is 7.18. The lowest BCUT2D eigenvalue weighted by Crippen LogP contribution is -2.05. The number of carbonyl (C=O) groups is 1. The smallest absolute Gasteiger partial charge is 0.355 e. The van der Waals surface area contributed by atoms with Crippen LogP contribution in [0.4, 0.5) is 0 Å². The molecule has 2 heterocycles. The van der Waals surface area contributed by atoms with E-state index in [9.17, 15) is 9.90 Å². The van der Waals surface area contributed by atoms with Gasteiger partial charge in [0, 0.05) is 16.2 Å². The van der Waals surface area contributed by atoms with E-state index in [0.717, 1.165) is 23.5 Å². The van der Waals surface area contributed by atoms with Gasteiger partial charge in [0.05, 0.1) is 0 Å². The molecular formula is C14H14N2O2S. The van der Waals surface area contributed by atoms with E-state index in [2.05, 4.69) is 16.9 Å². The maximum atomic E-state index is 11.4. The number of aryl methyl sites for hydroxylation is 1. The second kappa shape index (κ2) is 3.54. The van der Waals surface area contributed by atoms with Crippen molar-refractivity contribution in [1.29, 1.82) is 0 Å². The molecule has 4 rings (SSSR count). The van der Waals surface area contributed by atoms with E-state index in [1.165, 1.54) is 17.7 Å². The van der Waals surface area contributed by atoms with Crippen LogP contribution in [0.1, 0.15) is 53.3 Å². The van der Waals surface area contributed by atoms with Gasteiger partial charge in [-0.2, -0.15) is 0 Å². The Morgan fingerprint density at radius 3 is 2.89 bits per heavy atom. The maximum absolute atomic E-state index is 11.4. The molecule has 5 heteroatoms. The van der Waals surface area contributed by atoms with Crippen LogP contribution in [0.15, 0.2) is 6.07 Å². The Morgan fingerprint density at radius 2 is 2.32 bits per heavy atom. The van der Waals surface area contributed by atoms with Crippen molar-refractivity contribution in [2.45, 2.75) is 38.5 Å². The van der Waals surface area contributed by atoms with Crippen LogP contribution in [-0.4, -0.2) is 21.0 Å². The number of nitrogens with zero attached hydrogens (tertiary/aromatic N) is 2. The third-order valence-corrected chi connectivity index (χ3v) is 5.58. The lowest BCUT2D eigenvalue weighted by Gasteiger charge is -2.01. The van der Waals surface area contributed by atoms with Gasteiger partial charge in [-0.25, -0.2) is 14.8 Å². The van der Waals surface area contributed by atoms with Crippen LogP contribution in [0.3, 0.4) is 0 Å². The Morgan fingerprint density at radius 1 is 1.53 bits per heavy atom. The summed E-state index contributed by atoms with van der Waals surface area (Å²) in [5.74, 6) is 0.216. The molecule has 0 aromatic carbocycles. The van der Waals surface area contributed by atoms with Gasteiger partial charge in [-0.1, -0.05) is 6.92 Å². The number of rotatable bonds is 3. The average molecular weight is 274 g/mol. The van der Waals surface area contributed by atoms with Gasteiger partial charge < -0.3 is 5.11 Å². The molecule has 0 saturated heterocycles. The van der Waals surface area contributed by atoms with E-state index in [0.29, 0.717) is 16.7 Å². The summed E-state index contributed by atoms with van der Waals surface area (Å²) in [6, 6.07) is 1.92. The number of carboxylic acid groups (broad SMARTS) is 1. The molecule has 2 aliphatic rings. The van der Waals surface area contributed by atoms with Crippen LogP contribution < -0.4 is 0 Å². The van der Waals surface area contributed by atoms with Crippen molar-refractivity contribution < 1.29 is 9.90 Å². The van der Waals surface area contributed by atoms with Crippen LogP contribution in [-0.2, 0) is 6.42 Å². The first-order valence-corrected chi connectivity index (χ1v) is 7.48. The lowest BCUT2D eigenvalue weighted by atomic mass is 10.2. The Hall–Kier alpha value is -1.49. The molecule has 2 aromatic heterocycles. The Kier molecular flexibility index (Phi) is 2.11.